The van der Waals surface area contributed by atoms with Crippen LogP contribution in [0.2, 0.25) is 0 Å². The summed E-state index contributed by atoms with van der Waals surface area (Å²) >= 11 is 1.65. The zero-order valence-corrected chi connectivity index (χ0v) is 19.2. The number of aromatic nitrogens is 2. The van der Waals surface area contributed by atoms with Crippen LogP contribution in [0, 0.1) is 5.82 Å². The summed E-state index contributed by atoms with van der Waals surface area (Å²) in [5, 5.41) is 0.383. The number of H-pyrrole nitrogens is 1. The van der Waals surface area contributed by atoms with Crippen molar-refractivity contribution in [1.82, 2.24) is 19.4 Å². The van der Waals surface area contributed by atoms with Gasteiger partial charge >= 0.3 is 5.69 Å². The van der Waals surface area contributed by atoms with Crippen molar-refractivity contribution in [2.24, 2.45) is 0 Å². The zero-order chi connectivity index (χ0) is 23.7. The normalized spacial score (nSPS) is 14.6. The smallest absolute Gasteiger partial charge is 0.329 e. The van der Waals surface area contributed by atoms with Crippen molar-refractivity contribution in [2.75, 3.05) is 26.2 Å². The van der Waals surface area contributed by atoms with Gasteiger partial charge in [0.1, 0.15) is 12.4 Å². The Bertz CT molecular complexity index is 1470. The number of carbonyl (C=O) groups excluding carboxylic acids is 1. The van der Waals surface area contributed by atoms with Crippen LogP contribution in [0.3, 0.4) is 0 Å². The Labute approximate surface area is 198 Å². The molecule has 2 aromatic heterocycles. The maximum Gasteiger partial charge on any atom is 0.329 e. The second-order valence-corrected chi connectivity index (χ2v) is 9.46. The minimum atomic E-state index is -0.581. The minimum Gasteiger partial charge on any atom is -0.339 e. The molecule has 1 aliphatic heterocycles. The third-order valence-corrected chi connectivity index (χ3v) is 7.19. The van der Waals surface area contributed by atoms with E-state index < -0.39 is 11.2 Å². The Balaban J connectivity index is 1.21. The second-order valence-electron chi connectivity index (χ2n) is 8.30. The number of rotatable bonds is 5. The number of carbonyl (C=O) groups is 1. The van der Waals surface area contributed by atoms with E-state index in [0.717, 1.165) is 30.1 Å². The molecule has 0 spiro atoms. The van der Waals surface area contributed by atoms with Crippen molar-refractivity contribution >= 4 is 28.1 Å². The summed E-state index contributed by atoms with van der Waals surface area (Å²) in [7, 11) is 0. The monoisotopic (exact) mass is 478 g/mol. The Morgan fingerprint density at radius 2 is 1.76 bits per heavy atom. The van der Waals surface area contributed by atoms with Crippen molar-refractivity contribution in [3.05, 3.63) is 92.2 Å². The maximum atomic E-state index is 13.5. The number of benzene rings is 2. The van der Waals surface area contributed by atoms with Crippen molar-refractivity contribution in [3.63, 3.8) is 0 Å². The van der Waals surface area contributed by atoms with E-state index in [9.17, 15) is 18.8 Å². The van der Waals surface area contributed by atoms with Crippen molar-refractivity contribution < 1.29 is 9.18 Å². The third-order valence-electron chi connectivity index (χ3n) is 6.07. The molecule has 0 aliphatic carbocycles. The van der Waals surface area contributed by atoms with Gasteiger partial charge in [-0.25, -0.2) is 9.18 Å². The SMILES string of the molecule is O=C(Cn1c(=O)[nH]c(=O)c2ccccc21)N1CCN(Cc2ccc(-c3cccc(F)c3)s2)CC1. The van der Waals surface area contributed by atoms with Gasteiger partial charge in [-0.15, -0.1) is 11.3 Å². The molecule has 3 heterocycles. The number of fused-ring (bicyclic) bond motifs is 1. The van der Waals surface area contributed by atoms with Gasteiger partial charge in [0.2, 0.25) is 5.91 Å². The van der Waals surface area contributed by atoms with Crippen LogP contribution < -0.4 is 11.2 Å². The average Bonchev–Trinajstić information content (AvgIpc) is 3.31. The number of hydrogen-bond acceptors (Lipinski definition) is 5. The highest BCUT2D eigenvalue weighted by Crippen LogP contribution is 2.29. The zero-order valence-electron chi connectivity index (χ0n) is 18.4. The summed E-state index contributed by atoms with van der Waals surface area (Å²) in [4.78, 5) is 45.9. The van der Waals surface area contributed by atoms with Crippen LogP contribution >= 0.6 is 11.3 Å². The molecule has 2 aromatic carbocycles. The summed E-state index contributed by atoms with van der Waals surface area (Å²) in [6.07, 6.45) is 0. The van der Waals surface area contributed by atoms with E-state index in [-0.39, 0.29) is 18.3 Å². The number of amides is 1. The highest BCUT2D eigenvalue weighted by molar-refractivity contribution is 7.15. The van der Waals surface area contributed by atoms with E-state index in [4.69, 9.17) is 0 Å². The van der Waals surface area contributed by atoms with Gasteiger partial charge in [-0.2, -0.15) is 0 Å². The molecule has 7 nitrogen and oxygen atoms in total. The fourth-order valence-corrected chi connectivity index (χ4v) is 5.32. The van der Waals surface area contributed by atoms with Gasteiger partial charge in [0.05, 0.1) is 10.9 Å². The fraction of sp³-hybridized carbons (Fsp3) is 0.240. The van der Waals surface area contributed by atoms with Crippen LogP contribution in [0.5, 0.6) is 0 Å². The highest BCUT2D eigenvalue weighted by atomic mass is 32.1. The van der Waals surface area contributed by atoms with E-state index in [1.54, 1.807) is 46.6 Å². The summed E-state index contributed by atoms with van der Waals surface area (Å²) < 4.78 is 14.8. The molecule has 5 rings (SSSR count). The molecule has 0 bridgehead atoms. The molecule has 0 saturated carbocycles. The molecule has 174 valence electrons. The lowest BCUT2D eigenvalue weighted by Gasteiger charge is -2.34. The molecule has 34 heavy (non-hydrogen) atoms. The molecule has 1 fully saturated rings. The summed E-state index contributed by atoms with van der Waals surface area (Å²) in [5.41, 5.74) is 0.293. The van der Waals surface area contributed by atoms with E-state index >= 15 is 0 Å². The Morgan fingerprint density at radius 3 is 2.56 bits per heavy atom. The Kier molecular flexibility index (Phi) is 6.12. The quantitative estimate of drug-likeness (QED) is 0.479. The van der Waals surface area contributed by atoms with Crippen LogP contribution in [-0.4, -0.2) is 51.4 Å². The lowest BCUT2D eigenvalue weighted by molar-refractivity contribution is -0.133. The first-order chi connectivity index (χ1) is 16.5. The largest absolute Gasteiger partial charge is 0.339 e. The third kappa shape index (κ3) is 4.57. The van der Waals surface area contributed by atoms with Crippen LogP contribution in [-0.2, 0) is 17.9 Å². The molecule has 1 N–H and O–H groups in total. The fourth-order valence-electron chi connectivity index (χ4n) is 4.27. The van der Waals surface area contributed by atoms with E-state index in [1.165, 1.54) is 21.6 Å². The van der Waals surface area contributed by atoms with Gasteiger partial charge in [-0.05, 0) is 42.0 Å². The number of halogens is 1. The van der Waals surface area contributed by atoms with Crippen LogP contribution in [0.25, 0.3) is 21.3 Å². The molecule has 1 aliphatic rings. The molecular weight excluding hydrogens is 455 g/mol. The molecular formula is C25H23FN4O3S. The number of para-hydroxylation sites is 1. The highest BCUT2D eigenvalue weighted by Gasteiger charge is 2.23. The van der Waals surface area contributed by atoms with Gasteiger partial charge in [-0.3, -0.25) is 24.0 Å². The van der Waals surface area contributed by atoms with Crippen LogP contribution in [0.15, 0.2) is 70.3 Å². The number of nitrogens with one attached hydrogen (secondary N) is 1. The van der Waals surface area contributed by atoms with Gasteiger partial charge < -0.3 is 4.90 Å². The second kappa shape index (κ2) is 9.36. The topological polar surface area (TPSA) is 78.4 Å². The van der Waals surface area contributed by atoms with E-state index in [1.807, 2.05) is 12.1 Å². The predicted octanol–water partition coefficient (Wildman–Crippen LogP) is 2.90. The first-order valence-corrected chi connectivity index (χ1v) is 11.9. The average molecular weight is 479 g/mol. The molecule has 0 unspecified atom stereocenters. The lowest BCUT2D eigenvalue weighted by atomic mass is 10.2. The first-order valence-electron chi connectivity index (χ1n) is 11.0. The summed E-state index contributed by atoms with van der Waals surface area (Å²) in [6, 6.07) is 17.5. The number of nitrogens with zero attached hydrogens (tertiary/aromatic N) is 3. The standard InChI is InChI=1S/C25H23FN4O3S/c26-18-5-3-4-17(14-18)22-9-8-19(34-22)15-28-10-12-29(13-11-28)23(31)16-30-21-7-2-1-6-20(21)24(32)27-25(30)33/h1-9,14H,10-13,15-16H2,(H,27,32,33). The minimum absolute atomic E-state index is 0.113. The summed E-state index contributed by atoms with van der Waals surface area (Å²) in [5.74, 6) is -0.395. The Hall–Kier alpha value is -3.56. The van der Waals surface area contributed by atoms with Crippen LogP contribution in [0.4, 0.5) is 4.39 Å². The molecule has 1 saturated heterocycles. The molecule has 9 heteroatoms. The first kappa shape index (κ1) is 22.2. The maximum absolute atomic E-state index is 13.5. The Morgan fingerprint density at radius 1 is 0.971 bits per heavy atom. The van der Waals surface area contributed by atoms with Crippen molar-refractivity contribution in [2.45, 2.75) is 13.1 Å². The molecule has 1 amide bonds. The van der Waals surface area contributed by atoms with Crippen molar-refractivity contribution in [1.29, 1.82) is 0 Å². The number of hydrogen-bond donors (Lipinski definition) is 1. The van der Waals surface area contributed by atoms with Gasteiger partial charge in [-0.1, -0.05) is 24.3 Å². The van der Waals surface area contributed by atoms with Gasteiger partial charge in [0.25, 0.3) is 5.56 Å². The van der Waals surface area contributed by atoms with E-state index in [0.29, 0.717) is 24.0 Å². The van der Waals surface area contributed by atoms with Gasteiger partial charge in [0.15, 0.2) is 0 Å². The van der Waals surface area contributed by atoms with Crippen molar-refractivity contribution in [3.8, 4) is 10.4 Å². The number of piperazine rings is 1. The van der Waals surface area contributed by atoms with Gasteiger partial charge in [0, 0.05) is 42.5 Å². The molecule has 0 atom stereocenters. The lowest BCUT2D eigenvalue weighted by Crippen LogP contribution is -2.49. The molecule has 4 aromatic rings. The number of aromatic amines is 1. The van der Waals surface area contributed by atoms with Crippen LogP contribution in [0.1, 0.15) is 4.88 Å². The van der Waals surface area contributed by atoms with E-state index in [2.05, 4.69) is 16.0 Å². The predicted molar refractivity (Wildman–Crippen MR) is 130 cm³/mol. The molecule has 0 radical (unpaired) electrons. The number of thiophene rings is 1. The summed E-state index contributed by atoms with van der Waals surface area (Å²) in [6.45, 7) is 3.23.